The van der Waals surface area contributed by atoms with Gasteiger partial charge in [0.2, 0.25) is 0 Å². The molecular formula is C20H46O2S. The van der Waals surface area contributed by atoms with Gasteiger partial charge in [0.05, 0.1) is 0 Å². The van der Waals surface area contributed by atoms with Gasteiger partial charge in [-0.2, -0.15) is 12.6 Å². The highest BCUT2D eigenvalue weighted by atomic mass is 32.1. The van der Waals surface area contributed by atoms with Crippen molar-refractivity contribution in [2.75, 3.05) is 5.75 Å². The first kappa shape index (κ1) is 38.2. The van der Waals surface area contributed by atoms with E-state index in [1.807, 2.05) is 19.9 Å². The average molecular weight is 351 g/mol. The van der Waals surface area contributed by atoms with Crippen molar-refractivity contribution >= 4 is 12.6 Å². The summed E-state index contributed by atoms with van der Waals surface area (Å²) in [6.45, 7) is 16.5. The van der Waals surface area contributed by atoms with Crippen LogP contribution in [0.5, 0.6) is 0 Å². The van der Waals surface area contributed by atoms with Crippen molar-refractivity contribution in [3.63, 3.8) is 0 Å². The molecule has 0 bridgehead atoms. The number of allylic oxidation sites excluding steroid dienone is 1. The van der Waals surface area contributed by atoms with Gasteiger partial charge in [0, 0.05) is 12.8 Å². The van der Waals surface area contributed by atoms with Gasteiger partial charge >= 0.3 is 0 Å². The van der Waals surface area contributed by atoms with Crippen molar-refractivity contribution < 1.29 is 11.0 Å². The second kappa shape index (κ2) is 37.6. The molecule has 0 amide bonds. The molecule has 3 heteroatoms. The fourth-order valence-corrected chi connectivity index (χ4v) is 1.31. The molecule has 0 heterocycles. The van der Waals surface area contributed by atoms with Gasteiger partial charge in [-0.3, -0.25) is 0 Å². The molecule has 0 aromatic heterocycles. The molecule has 23 heavy (non-hydrogen) atoms. The largest absolute Gasteiger partial charge is 0.412 e. The van der Waals surface area contributed by atoms with E-state index < -0.39 is 0 Å². The molecule has 0 aromatic rings. The van der Waals surface area contributed by atoms with E-state index in [0.29, 0.717) is 0 Å². The van der Waals surface area contributed by atoms with Crippen LogP contribution in [0.4, 0.5) is 0 Å². The summed E-state index contributed by atoms with van der Waals surface area (Å²) in [7, 11) is 0. The predicted octanol–water partition coefficient (Wildman–Crippen LogP) is 5.76. The molecule has 0 aromatic carbocycles. The molecule has 0 spiro atoms. The second-order valence-corrected chi connectivity index (χ2v) is 5.61. The smallest absolute Gasteiger partial charge is 0.0112 e. The summed E-state index contributed by atoms with van der Waals surface area (Å²) in [5, 5.41) is 0. The Morgan fingerprint density at radius 1 is 1.09 bits per heavy atom. The van der Waals surface area contributed by atoms with E-state index in [1.165, 1.54) is 12.8 Å². The normalized spacial score (nSPS) is 8.87. The minimum Gasteiger partial charge on any atom is -0.412 e. The van der Waals surface area contributed by atoms with Crippen molar-refractivity contribution in [1.29, 1.82) is 0 Å². The summed E-state index contributed by atoms with van der Waals surface area (Å²) in [5.74, 6) is 8.99. The molecule has 0 radical (unpaired) electrons. The molecule has 0 rings (SSSR count). The van der Waals surface area contributed by atoms with Gasteiger partial charge in [0.1, 0.15) is 0 Å². The van der Waals surface area contributed by atoms with E-state index >= 15 is 0 Å². The Balaban J connectivity index is -0.0000000570. The first-order valence-corrected chi connectivity index (χ1v) is 8.89. The van der Waals surface area contributed by atoms with Crippen LogP contribution in [0.2, 0.25) is 0 Å². The summed E-state index contributed by atoms with van der Waals surface area (Å²) in [6.07, 6.45) is 8.86. The standard InChI is InChI=1S/C12H22.C5H10S.C2H6.CH4.2H2O/c1-5-12(4)10-8-6-7-9-11(2)3;1-2-3-4-5-6;1-2;;;/h11-12H,5,8-10H2,1-4H3;2,6H,1,3-5H2;1-2H3;1H4;2*1H2. The van der Waals surface area contributed by atoms with Gasteiger partial charge in [0.25, 0.3) is 0 Å². The van der Waals surface area contributed by atoms with Gasteiger partial charge in [0.15, 0.2) is 0 Å². The molecule has 0 aliphatic carbocycles. The van der Waals surface area contributed by atoms with E-state index in [2.05, 4.69) is 58.7 Å². The lowest BCUT2D eigenvalue weighted by atomic mass is 10.0. The summed E-state index contributed by atoms with van der Waals surface area (Å²) in [6, 6.07) is 0. The number of hydrogen-bond donors (Lipinski definition) is 1. The summed E-state index contributed by atoms with van der Waals surface area (Å²) >= 11 is 4.01. The van der Waals surface area contributed by atoms with Crippen molar-refractivity contribution in [2.24, 2.45) is 11.8 Å². The van der Waals surface area contributed by atoms with Gasteiger partial charge in [-0.15, -0.1) is 18.4 Å². The van der Waals surface area contributed by atoms with Gasteiger partial charge in [-0.25, -0.2) is 0 Å². The highest BCUT2D eigenvalue weighted by molar-refractivity contribution is 7.80. The van der Waals surface area contributed by atoms with Gasteiger partial charge in [-0.05, 0) is 36.9 Å². The van der Waals surface area contributed by atoms with Crippen LogP contribution in [0.3, 0.4) is 0 Å². The van der Waals surface area contributed by atoms with Crippen LogP contribution < -0.4 is 0 Å². The molecule has 1 unspecified atom stereocenters. The first-order chi connectivity index (χ1) is 9.58. The molecule has 4 N–H and O–H groups in total. The zero-order chi connectivity index (χ0) is 16.2. The monoisotopic (exact) mass is 350 g/mol. The van der Waals surface area contributed by atoms with Crippen LogP contribution >= 0.6 is 12.6 Å². The Bertz CT molecular complexity index is 230. The van der Waals surface area contributed by atoms with Crippen LogP contribution in [0, 0.1) is 23.7 Å². The number of unbranched alkanes of at least 4 members (excludes halogenated alkanes) is 1. The Labute approximate surface area is 153 Å². The van der Waals surface area contributed by atoms with E-state index in [1.54, 1.807) is 0 Å². The summed E-state index contributed by atoms with van der Waals surface area (Å²) in [4.78, 5) is 0. The summed E-state index contributed by atoms with van der Waals surface area (Å²) < 4.78 is 0. The maximum absolute atomic E-state index is 4.01. The minimum atomic E-state index is 0. The summed E-state index contributed by atoms with van der Waals surface area (Å²) in [5.41, 5.74) is 0. The Morgan fingerprint density at radius 3 is 1.91 bits per heavy atom. The third-order valence-electron chi connectivity index (χ3n) is 2.66. The number of rotatable bonds is 7. The van der Waals surface area contributed by atoms with E-state index in [4.69, 9.17) is 0 Å². The van der Waals surface area contributed by atoms with Crippen LogP contribution in [-0.4, -0.2) is 16.7 Å². The van der Waals surface area contributed by atoms with Crippen molar-refractivity contribution in [1.82, 2.24) is 0 Å². The third-order valence-corrected chi connectivity index (χ3v) is 2.98. The van der Waals surface area contributed by atoms with E-state index in [9.17, 15) is 0 Å². The molecule has 0 aliphatic heterocycles. The molecule has 0 saturated carbocycles. The van der Waals surface area contributed by atoms with Crippen LogP contribution in [0.25, 0.3) is 0 Å². The Kier molecular flexibility index (Phi) is 62.6. The lowest BCUT2D eigenvalue weighted by molar-refractivity contribution is 0.525. The maximum atomic E-state index is 4.01. The van der Waals surface area contributed by atoms with Crippen LogP contribution in [0.1, 0.15) is 87.5 Å². The molecular weight excluding hydrogens is 304 g/mol. The van der Waals surface area contributed by atoms with Crippen LogP contribution in [0.15, 0.2) is 12.7 Å². The molecule has 0 saturated heterocycles. The molecule has 0 aliphatic rings. The number of thiol groups is 1. The lowest BCUT2D eigenvalue weighted by Gasteiger charge is -2.02. The fourth-order valence-electron chi connectivity index (χ4n) is 1.12. The first-order valence-electron chi connectivity index (χ1n) is 8.25. The minimum absolute atomic E-state index is 0. The molecule has 1 atom stereocenters. The lowest BCUT2D eigenvalue weighted by Crippen LogP contribution is -1.90. The third kappa shape index (κ3) is 52.3. The van der Waals surface area contributed by atoms with Gasteiger partial charge in [-0.1, -0.05) is 61.5 Å². The van der Waals surface area contributed by atoms with E-state index in [-0.39, 0.29) is 18.4 Å². The van der Waals surface area contributed by atoms with Crippen molar-refractivity contribution in [3.05, 3.63) is 12.7 Å². The maximum Gasteiger partial charge on any atom is 0.0112 e. The highest BCUT2D eigenvalue weighted by Gasteiger charge is 1.94. The Morgan fingerprint density at radius 2 is 1.61 bits per heavy atom. The topological polar surface area (TPSA) is 63.0 Å². The second-order valence-electron chi connectivity index (χ2n) is 5.16. The molecule has 144 valence electrons. The van der Waals surface area contributed by atoms with Crippen molar-refractivity contribution in [2.45, 2.75) is 87.5 Å². The molecule has 0 fully saturated rings. The molecule has 2 nitrogen and oxygen atoms in total. The van der Waals surface area contributed by atoms with E-state index in [0.717, 1.165) is 43.3 Å². The quantitative estimate of drug-likeness (QED) is 0.263. The number of hydrogen-bond acceptors (Lipinski definition) is 1. The zero-order valence-corrected chi connectivity index (χ0v) is 16.7. The highest BCUT2D eigenvalue weighted by Crippen LogP contribution is 2.08. The van der Waals surface area contributed by atoms with Gasteiger partial charge < -0.3 is 11.0 Å². The average Bonchev–Trinajstić information content (AvgIpc) is 2.46. The zero-order valence-electron chi connectivity index (χ0n) is 15.8. The van der Waals surface area contributed by atoms with Crippen LogP contribution in [-0.2, 0) is 0 Å². The predicted molar refractivity (Wildman–Crippen MR) is 115 cm³/mol. The fraction of sp³-hybridized carbons (Fsp3) is 0.800. The SMILES string of the molecule is C.C=CCCCS.CC.CCC(C)CCC#CCC(C)C.O.O. The Hall–Kier alpha value is -0.430. The van der Waals surface area contributed by atoms with Crippen molar-refractivity contribution in [3.8, 4) is 11.8 Å².